The predicted octanol–water partition coefficient (Wildman–Crippen LogP) is 4.93. The fourth-order valence-corrected chi connectivity index (χ4v) is 3.79. The van der Waals surface area contributed by atoms with Gasteiger partial charge in [-0.3, -0.25) is 4.79 Å². The number of rotatable bonds is 1. The number of aromatic nitrogens is 1. The topological polar surface area (TPSA) is 33.2 Å². The lowest BCUT2D eigenvalue weighted by Crippen LogP contribution is -2.36. The van der Waals surface area contributed by atoms with Crippen molar-refractivity contribution in [2.75, 3.05) is 11.4 Å². The first-order valence-corrected chi connectivity index (χ1v) is 8.58. The lowest BCUT2D eigenvalue weighted by Gasteiger charge is -2.31. The number of halogens is 2. The van der Waals surface area contributed by atoms with Gasteiger partial charge in [-0.15, -0.1) is 0 Å². The number of benzene rings is 2. The molecular weight excluding hydrogens is 339 g/mol. The molecule has 3 nitrogen and oxygen atoms in total. The molecular formula is C20H16ClFN2O. The van der Waals surface area contributed by atoms with Crippen LogP contribution in [0.3, 0.4) is 0 Å². The molecule has 0 saturated heterocycles. The van der Waals surface area contributed by atoms with E-state index in [0.29, 0.717) is 17.4 Å². The summed E-state index contributed by atoms with van der Waals surface area (Å²) >= 11 is 6.27. The monoisotopic (exact) mass is 354 g/mol. The zero-order chi connectivity index (χ0) is 17.6. The van der Waals surface area contributed by atoms with E-state index in [1.165, 1.54) is 12.1 Å². The molecule has 0 N–H and O–H groups in total. The van der Waals surface area contributed by atoms with Gasteiger partial charge in [0.25, 0.3) is 5.91 Å². The number of hydrogen-bond acceptors (Lipinski definition) is 2. The Labute approximate surface area is 150 Å². The Bertz CT molecular complexity index is 1000. The number of carbonyl (C=O) groups is 1. The van der Waals surface area contributed by atoms with Gasteiger partial charge in [-0.1, -0.05) is 35.9 Å². The van der Waals surface area contributed by atoms with E-state index < -0.39 is 0 Å². The van der Waals surface area contributed by atoms with Gasteiger partial charge in [-0.05, 0) is 54.5 Å². The summed E-state index contributed by atoms with van der Waals surface area (Å²) in [6, 6.07) is 12.3. The minimum absolute atomic E-state index is 0.205. The van der Waals surface area contributed by atoms with Crippen LogP contribution in [-0.2, 0) is 6.42 Å². The van der Waals surface area contributed by atoms with Crippen molar-refractivity contribution in [2.24, 2.45) is 0 Å². The zero-order valence-corrected chi connectivity index (χ0v) is 14.5. The van der Waals surface area contributed by atoms with Crippen LogP contribution in [0.4, 0.5) is 10.1 Å². The molecule has 0 unspecified atom stereocenters. The molecule has 126 valence electrons. The van der Waals surface area contributed by atoms with E-state index >= 15 is 0 Å². The second-order valence-electron chi connectivity index (χ2n) is 6.31. The van der Waals surface area contributed by atoms with Gasteiger partial charge in [-0.25, -0.2) is 9.37 Å². The second kappa shape index (κ2) is 6.12. The van der Waals surface area contributed by atoms with Gasteiger partial charge >= 0.3 is 0 Å². The Morgan fingerprint density at radius 2 is 2.04 bits per heavy atom. The first-order chi connectivity index (χ1) is 12.0. The molecule has 25 heavy (non-hydrogen) atoms. The maximum absolute atomic E-state index is 13.7. The minimum atomic E-state index is -0.266. The number of amides is 1. The fourth-order valence-electron chi connectivity index (χ4n) is 3.53. The van der Waals surface area contributed by atoms with Crippen LogP contribution in [0.5, 0.6) is 0 Å². The highest BCUT2D eigenvalue weighted by molar-refractivity contribution is 6.34. The lowest BCUT2D eigenvalue weighted by atomic mass is 9.97. The molecule has 4 rings (SSSR count). The van der Waals surface area contributed by atoms with Gasteiger partial charge in [0, 0.05) is 11.9 Å². The van der Waals surface area contributed by atoms with Gasteiger partial charge in [-0.2, -0.15) is 0 Å². The maximum Gasteiger partial charge on any atom is 0.276 e. The van der Waals surface area contributed by atoms with Crippen molar-refractivity contribution in [3.8, 4) is 0 Å². The van der Waals surface area contributed by atoms with Crippen molar-refractivity contribution in [3.63, 3.8) is 0 Å². The standard InChI is InChI=1S/C20H16ClFN2O/c1-12-9-15(22)10-14-6-4-8-24(18(12)14)20(25)17-11-13-5-2-3-7-16(13)19(21)23-17/h2-3,5,7,9-11H,4,6,8H2,1H3. The van der Waals surface area contributed by atoms with E-state index in [2.05, 4.69) is 4.98 Å². The third kappa shape index (κ3) is 2.76. The molecule has 1 amide bonds. The molecule has 1 aliphatic rings. The third-order valence-corrected chi connectivity index (χ3v) is 4.89. The number of aryl methyl sites for hydroxylation is 2. The van der Waals surface area contributed by atoms with Crippen molar-refractivity contribution in [1.29, 1.82) is 0 Å². The summed E-state index contributed by atoms with van der Waals surface area (Å²) in [5.74, 6) is -0.472. The summed E-state index contributed by atoms with van der Waals surface area (Å²) in [6.45, 7) is 2.42. The molecule has 3 aromatic rings. The molecule has 1 aliphatic heterocycles. The fraction of sp³-hybridized carbons (Fsp3) is 0.200. The zero-order valence-electron chi connectivity index (χ0n) is 13.7. The predicted molar refractivity (Wildman–Crippen MR) is 97.9 cm³/mol. The van der Waals surface area contributed by atoms with Crippen LogP contribution < -0.4 is 4.90 Å². The van der Waals surface area contributed by atoms with E-state index in [1.54, 1.807) is 11.0 Å². The Morgan fingerprint density at radius 1 is 1.24 bits per heavy atom. The van der Waals surface area contributed by atoms with E-state index in [9.17, 15) is 9.18 Å². The smallest absolute Gasteiger partial charge is 0.276 e. The molecule has 2 heterocycles. The van der Waals surface area contributed by atoms with Crippen molar-refractivity contribution >= 4 is 34.0 Å². The van der Waals surface area contributed by atoms with E-state index in [-0.39, 0.29) is 11.7 Å². The summed E-state index contributed by atoms with van der Waals surface area (Å²) in [5, 5.41) is 2.01. The molecule has 1 aromatic heterocycles. The molecule has 0 spiro atoms. The summed E-state index contributed by atoms with van der Waals surface area (Å²) in [4.78, 5) is 19.1. The quantitative estimate of drug-likeness (QED) is 0.580. The summed E-state index contributed by atoms with van der Waals surface area (Å²) < 4.78 is 13.7. The first-order valence-electron chi connectivity index (χ1n) is 8.21. The van der Waals surface area contributed by atoms with Crippen LogP contribution in [-0.4, -0.2) is 17.4 Å². The highest BCUT2D eigenvalue weighted by Gasteiger charge is 2.27. The molecule has 0 atom stereocenters. The molecule has 0 bridgehead atoms. The molecule has 0 radical (unpaired) electrons. The van der Waals surface area contributed by atoms with E-state index in [1.807, 2.05) is 31.2 Å². The number of nitrogens with zero attached hydrogens (tertiary/aromatic N) is 2. The number of hydrogen-bond donors (Lipinski definition) is 0. The number of pyridine rings is 1. The van der Waals surface area contributed by atoms with E-state index in [4.69, 9.17) is 11.6 Å². The Balaban J connectivity index is 1.81. The van der Waals surface area contributed by atoms with Gasteiger partial charge < -0.3 is 4.90 Å². The Kier molecular flexibility index (Phi) is 3.92. The van der Waals surface area contributed by atoms with Crippen molar-refractivity contribution in [3.05, 3.63) is 70.3 Å². The van der Waals surface area contributed by atoms with Crippen LogP contribution in [0.15, 0.2) is 42.5 Å². The van der Waals surface area contributed by atoms with Crippen LogP contribution in [0, 0.1) is 12.7 Å². The minimum Gasteiger partial charge on any atom is -0.306 e. The van der Waals surface area contributed by atoms with Crippen LogP contribution >= 0.6 is 11.6 Å². The highest BCUT2D eigenvalue weighted by Crippen LogP contribution is 2.33. The third-order valence-electron chi connectivity index (χ3n) is 4.60. The second-order valence-corrected chi connectivity index (χ2v) is 6.67. The van der Waals surface area contributed by atoms with Gasteiger partial charge in [0.15, 0.2) is 0 Å². The molecule has 2 aromatic carbocycles. The number of carbonyl (C=O) groups excluding carboxylic acids is 1. The average molecular weight is 355 g/mol. The van der Waals surface area contributed by atoms with Crippen LogP contribution in [0.1, 0.15) is 28.0 Å². The van der Waals surface area contributed by atoms with Crippen molar-refractivity contribution < 1.29 is 9.18 Å². The molecule has 0 saturated carbocycles. The van der Waals surface area contributed by atoms with Crippen molar-refractivity contribution in [2.45, 2.75) is 19.8 Å². The van der Waals surface area contributed by atoms with Crippen LogP contribution in [0.2, 0.25) is 5.15 Å². The number of anilines is 1. The van der Waals surface area contributed by atoms with Gasteiger partial charge in [0.1, 0.15) is 16.7 Å². The largest absolute Gasteiger partial charge is 0.306 e. The Hall–Kier alpha value is -2.46. The lowest BCUT2D eigenvalue weighted by molar-refractivity contribution is 0.0980. The summed E-state index contributed by atoms with van der Waals surface area (Å²) in [6.07, 6.45) is 1.56. The maximum atomic E-state index is 13.7. The Morgan fingerprint density at radius 3 is 2.88 bits per heavy atom. The number of fused-ring (bicyclic) bond motifs is 2. The van der Waals surface area contributed by atoms with Crippen molar-refractivity contribution in [1.82, 2.24) is 4.98 Å². The van der Waals surface area contributed by atoms with Gasteiger partial charge in [0.05, 0.1) is 5.69 Å². The normalized spacial score (nSPS) is 13.8. The van der Waals surface area contributed by atoms with Crippen LogP contribution in [0.25, 0.3) is 10.8 Å². The van der Waals surface area contributed by atoms with Gasteiger partial charge in [0.2, 0.25) is 0 Å². The first kappa shape index (κ1) is 16.0. The average Bonchev–Trinajstić information content (AvgIpc) is 2.60. The SMILES string of the molecule is Cc1cc(F)cc2c1N(C(=O)c1cc3ccccc3c(Cl)n1)CCC2. The summed E-state index contributed by atoms with van der Waals surface area (Å²) in [7, 11) is 0. The summed E-state index contributed by atoms with van der Waals surface area (Å²) in [5.41, 5.74) is 2.72. The van der Waals surface area contributed by atoms with E-state index in [0.717, 1.165) is 40.4 Å². The molecule has 5 heteroatoms. The molecule has 0 aliphatic carbocycles. The molecule has 0 fully saturated rings. The highest BCUT2D eigenvalue weighted by atomic mass is 35.5.